The van der Waals surface area contributed by atoms with Crippen LogP contribution in [-0.2, 0) is 11.3 Å². The summed E-state index contributed by atoms with van der Waals surface area (Å²) in [7, 11) is 0. The number of aliphatic carboxylic acids is 1. The molecule has 0 radical (unpaired) electrons. The summed E-state index contributed by atoms with van der Waals surface area (Å²) >= 11 is 0. The molecule has 0 aromatic carbocycles. The van der Waals surface area contributed by atoms with E-state index in [1.54, 1.807) is 31.3 Å². The van der Waals surface area contributed by atoms with Gasteiger partial charge >= 0.3 is 5.97 Å². The maximum atomic E-state index is 12.0. The van der Waals surface area contributed by atoms with Crippen LogP contribution in [-0.4, -0.2) is 38.4 Å². The van der Waals surface area contributed by atoms with Gasteiger partial charge in [-0.15, -0.1) is 0 Å². The lowest BCUT2D eigenvalue weighted by atomic mass is 9.87. The van der Waals surface area contributed by atoms with Gasteiger partial charge in [-0.1, -0.05) is 13.0 Å². The highest BCUT2D eigenvalue weighted by Gasteiger charge is 2.34. The number of carboxylic acids is 1. The van der Waals surface area contributed by atoms with Gasteiger partial charge in [-0.25, -0.2) is 4.98 Å². The third-order valence-electron chi connectivity index (χ3n) is 4.09. The molecule has 2 aromatic rings. The zero-order valence-electron chi connectivity index (χ0n) is 11.8. The molecule has 0 aliphatic carbocycles. The fourth-order valence-corrected chi connectivity index (χ4v) is 2.67. The van der Waals surface area contributed by atoms with E-state index in [0.29, 0.717) is 12.2 Å². The van der Waals surface area contributed by atoms with Crippen LogP contribution in [0.5, 0.6) is 0 Å². The minimum absolute atomic E-state index is 0.0911. The Bertz CT molecular complexity index is 734. The Morgan fingerprint density at radius 2 is 2.24 bits per heavy atom. The molecule has 1 aliphatic heterocycles. The van der Waals surface area contributed by atoms with Crippen LogP contribution in [0, 0.1) is 11.8 Å². The molecule has 1 aliphatic rings. The summed E-state index contributed by atoms with van der Waals surface area (Å²) in [5, 5.41) is 8.97. The Balaban J connectivity index is 1.70. The Kier molecular flexibility index (Phi) is 3.47. The molecule has 6 heteroatoms. The third kappa shape index (κ3) is 2.67. The van der Waals surface area contributed by atoms with Crippen LogP contribution < -0.4 is 5.56 Å². The van der Waals surface area contributed by atoms with Crippen molar-refractivity contribution < 1.29 is 9.90 Å². The number of nitrogens with zero attached hydrogens (tertiary/aromatic N) is 3. The van der Waals surface area contributed by atoms with Crippen molar-refractivity contribution in [2.75, 3.05) is 13.1 Å². The average molecular weight is 287 g/mol. The molecule has 2 aromatic heterocycles. The molecule has 0 amide bonds. The first-order valence-electron chi connectivity index (χ1n) is 6.97. The van der Waals surface area contributed by atoms with E-state index in [9.17, 15) is 9.59 Å². The largest absolute Gasteiger partial charge is 0.481 e. The molecular weight excluding hydrogens is 270 g/mol. The zero-order chi connectivity index (χ0) is 15.0. The lowest BCUT2D eigenvalue weighted by Gasteiger charge is -2.41. The second-order valence-electron chi connectivity index (χ2n) is 5.60. The van der Waals surface area contributed by atoms with Crippen LogP contribution in [0.15, 0.2) is 35.3 Å². The molecule has 3 heterocycles. The number of hydrogen-bond donors (Lipinski definition) is 1. The van der Waals surface area contributed by atoms with Gasteiger partial charge in [0, 0.05) is 31.9 Å². The first-order chi connectivity index (χ1) is 10.0. The molecule has 0 spiro atoms. The highest BCUT2D eigenvalue weighted by Crippen LogP contribution is 2.25. The second kappa shape index (κ2) is 5.29. The normalized spacial score (nSPS) is 17.6. The lowest BCUT2D eigenvalue weighted by molar-refractivity contribution is -0.145. The molecule has 1 unspecified atom stereocenters. The highest BCUT2D eigenvalue weighted by molar-refractivity contribution is 5.70. The molecule has 0 bridgehead atoms. The fraction of sp³-hybridized carbons (Fsp3) is 0.400. The van der Waals surface area contributed by atoms with E-state index >= 15 is 0 Å². The van der Waals surface area contributed by atoms with Crippen molar-refractivity contribution in [2.24, 2.45) is 11.8 Å². The minimum Gasteiger partial charge on any atom is -0.481 e. The first kappa shape index (κ1) is 13.8. The van der Waals surface area contributed by atoms with Crippen molar-refractivity contribution in [1.29, 1.82) is 0 Å². The van der Waals surface area contributed by atoms with Crippen LogP contribution in [0.25, 0.3) is 5.65 Å². The maximum absolute atomic E-state index is 12.0. The van der Waals surface area contributed by atoms with Gasteiger partial charge in [0.2, 0.25) is 0 Å². The van der Waals surface area contributed by atoms with Crippen molar-refractivity contribution >= 4 is 11.6 Å². The minimum atomic E-state index is -0.748. The van der Waals surface area contributed by atoms with E-state index in [-0.39, 0.29) is 17.4 Å². The van der Waals surface area contributed by atoms with Crippen molar-refractivity contribution in [1.82, 2.24) is 14.3 Å². The average Bonchev–Trinajstić information content (AvgIpc) is 2.41. The van der Waals surface area contributed by atoms with E-state index in [1.165, 1.54) is 4.40 Å². The van der Waals surface area contributed by atoms with Gasteiger partial charge in [0.25, 0.3) is 5.56 Å². The van der Waals surface area contributed by atoms with Gasteiger partial charge in [0.1, 0.15) is 5.65 Å². The summed E-state index contributed by atoms with van der Waals surface area (Å²) in [6.07, 6.45) is 1.70. The van der Waals surface area contributed by atoms with Gasteiger partial charge in [-0.3, -0.25) is 18.9 Å². The highest BCUT2D eigenvalue weighted by atomic mass is 16.4. The van der Waals surface area contributed by atoms with E-state index in [4.69, 9.17) is 5.11 Å². The molecular formula is C15H17N3O3. The zero-order valence-corrected chi connectivity index (χ0v) is 11.8. The van der Waals surface area contributed by atoms with Gasteiger partial charge in [0.15, 0.2) is 0 Å². The number of rotatable bonds is 4. The van der Waals surface area contributed by atoms with Crippen LogP contribution in [0.4, 0.5) is 0 Å². The number of carbonyl (C=O) groups is 1. The van der Waals surface area contributed by atoms with E-state index < -0.39 is 5.97 Å². The summed E-state index contributed by atoms with van der Waals surface area (Å²) in [6.45, 7) is 3.81. The van der Waals surface area contributed by atoms with Crippen molar-refractivity contribution in [3.05, 3.63) is 46.5 Å². The predicted molar refractivity (Wildman–Crippen MR) is 77.0 cm³/mol. The molecule has 1 saturated heterocycles. The Morgan fingerprint density at radius 1 is 1.48 bits per heavy atom. The van der Waals surface area contributed by atoms with Crippen molar-refractivity contribution in [3.63, 3.8) is 0 Å². The summed E-state index contributed by atoms with van der Waals surface area (Å²) in [6, 6.07) is 6.99. The van der Waals surface area contributed by atoms with Gasteiger partial charge in [0.05, 0.1) is 11.6 Å². The Hall–Kier alpha value is -2.21. The number of likely N-dealkylation sites (tertiary alicyclic amines) is 1. The quantitative estimate of drug-likeness (QED) is 0.902. The predicted octanol–water partition coefficient (Wildman–Crippen LogP) is 0.847. The Labute approximate surface area is 121 Å². The summed E-state index contributed by atoms with van der Waals surface area (Å²) < 4.78 is 1.51. The SMILES string of the molecule is CC(C(=O)O)C1CN(Cc2cc(=O)n3ccccc3n2)C1. The molecule has 0 saturated carbocycles. The number of hydrogen-bond acceptors (Lipinski definition) is 4. The van der Waals surface area contributed by atoms with E-state index in [1.807, 2.05) is 6.07 Å². The maximum Gasteiger partial charge on any atom is 0.306 e. The van der Waals surface area contributed by atoms with Gasteiger partial charge in [-0.2, -0.15) is 0 Å². The Morgan fingerprint density at radius 3 is 2.95 bits per heavy atom. The van der Waals surface area contributed by atoms with Gasteiger partial charge in [-0.05, 0) is 18.1 Å². The van der Waals surface area contributed by atoms with Gasteiger partial charge < -0.3 is 5.11 Å². The van der Waals surface area contributed by atoms with Crippen LogP contribution in [0.2, 0.25) is 0 Å². The third-order valence-corrected chi connectivity index (χ3v) is 4.09. The number of pyridine rings is 1. The molecule has 3 rings (SSSR count). The smallest absolute Gasteiger partial charge is 0.306 e. The second-order valence-corrected chi connectivity index (χ2v) is 5.60. The first-order valence-corrected chi connectivity index (χ1v) is 6.97. The number of fused-ring (bicyclic) bond motifs is 1. The summed E-state index contributed by atoms with van der Waals surface area (Å²) in [4.78, 5) is 29.5. The molecule has 1 atom stereocenters. The lowest BCUT2D eigenvalue weighted by Crippen LogP contribution is -2.50. The summed E-state index contributed by atoms with van der Waals surface area (Å²) in [5.41, 5.74) is 1.27. The fourth-order valence-electron chi connectivity index (χ4n) is 2.67. The van der Waals surface area contributed by atoms with E-state index in [0.717, 1.165) is 18.8 Å². The topological polar surface area (TPSA) is 74.9 Å². The monoisotopic (exact) mass is 287 g/mol. The summed E-state index contributed by atoms with van der Waals surface area (Å²) in [5.74, 6) is -0.887. The standard InChI is InChI=1S/C15H17N3O3/c1-10(15(20)21)11-7-17(8-11)9-12-6-14(19)18-5-3-2-4-13(18)16-12/h2-6,10-11H,7-9H2,1H3,(H,20,21). The molecule has 1 N–H and O–H groups in total. The number of carboxylic acid groups (broad SMARTS) is 1. The number of aromatic nitrogens is 2. The molecule has 110 valence electrons. The van der Waals surface area contributed by atoms with Crippen molar-refractivity contribution in [3.8, 4) is 0 Å². The van der Waals surface area contributed by atoms with Crippen LogP contribution >= 0.6 is 0 Å². The molecule has 21 heavy (non-hydrogen) atoms. The van der Waals surface area contributed by atoms with Crippen LogP contribution in [0.1, 0.15) is 12.6 Å². The van der Waals surface area contributed by atoms with Crippen LogP contribution in [0.3, 0.4) is 0 Å². The van der Waals surface area contributed by atoms with E-state index in [2.05, 4.69) is 9.88 Å². The molecule has 6 nitrogen and oxygen atoms in total. The molecule has 1 fully saturated rings. The van der Waals surface area contributed by atoms with Crippen molar-refractivity contribution in [2.45, 2.75) is 13.5 Å².